The van der Waals surface area contributed by atoms with Crippen molar-refractivity contribution in [1.82, 2.24) is 9.78 Å². The quantitative estimate of drug-likeness (QED) is 0.351. The molecule has 0 radical (unpaired) electrons. The van der Waals surface area contributed by atoms with Crippen molar-refractivity contribution >= 4 is 11.8 Å². The number of aromatic nitrogens is 2. The molecular formula is C24H26N2O6. The van der Waals surface area contributed by atoms with Gasteiger partial charge in [-0.1, -0.05) is 6.07 Å². The van der Waals surface area contributed by atoms with Crippen molar-refractivity contribution in [2.45, 2.75) is 26.9 Å². The molecule has 0 atom stereocenters. The van der Waals surface area contributed by atoms with Gasteiger partial charge in [-0.15, -0.1) is 0 Å². The van der Waals surface area contributed by atoms with Crippen LogP contribution in [0.4, 0.5) is 0 Å². The number of rotatable bonds is 10. The SMILES string of the molecule is CCOC(=O)COc1ccc(OC(C)C)cc1C(=O)c1cnn(-c2cccc(OC)c2)c1. The van der Waals surface area contributed by atoms with Crippen LogP contribution in [0.2, 0.25) is 0 Å². The highest BCUT2D eigenvalue weighted by Gasteiger charge is 2.19. The Morgan fingerprint density at radius 1 is 1.09 bits per heavy atom. The standard InChI is InChI=1S/C24H26N2O6/c1-5-30-23(27)15-31-22-10-9-20(32-16(2)3)12-21(22)24(28)17-13-25-26(14-17)18-7-6-8-19(11-18)29-4/h6-14,16H,5,15H2,1-4H3. The van der Waals surface area contributed by atoms with Gasteiger partial charge in [0.2, 0.25) is 0 Å². The third kappa shape index (κ3) is 5.66. The van der Waals surface area contributed by atoms with Gasteiger partial charge in [0.1, 0.15) is 17.2 Å². The topological polar surface area (TPSA) is 88.9 Å². The summed E-state index contributed by atoms with van der Waals surface area (Å²) in [5.41, 5.74) is 1.37. The van der Waals surface area contributed by atoms with Gasteiger partial charge in [-0.2, -0.15) is 5.10 Å². The predicted molar refractivity (Wildman–Crippen MR) is 118 cm³/mol. The van der Waals surface area contributed by atoms with Crippen molar-refractivity contribution in [3.63, 3.8) is 0 Å². The van der Waals surface area contributed by atoms with E-state index >= 15 is 0 Å². The maximum absolute atomic E-state index is 13.3. The van der Waals surface area contributed by atoms with Gasteiger partial charge in [0.25, 0.3) is 0 Å². The van der Waals surface area contributed by atoms with Crippen LogP contribution in [0.1, 0.15) is 36.7 Å². The fourth-order valence-electron chi connectivity index (χ4n) is 2.99. The average molecular weight is 438 g/mol. The molecule has 0 spiro atoms. The summed E-state index contributed by atoms with van der Waals surface area (Å²) in [6.07, 6.45) is 3.04. The summed E-state index contributed by atoms with van der Waals surface area (Å²) >= 11 is 0. The van der Waals surface area contributed by atoms with Gasteiger partial charge in [0, 0.05) is 12.3 Å². The van der Waals surface area contributed by atoms with Crippen LogP contribution < -0.4 is 14.2 Å². The summed E-state index contributed by atoms with van der Waals surface area (Å²) in [6.45, 7) is 5.45. The molecule has 1 heterocycles. The van der Waals surface area contributed by atoms with Crippen molar-refractivity contribution in [1.29, 1.82) is 0 Å². The maximum Gasteiger partial charge on any atom is 0.344 e. The fraction of sp³-hybridized carbons (Fsp3) is 0.292. The lowest BCUT2D eigenvalue weighted by Crippen LogP contribution is -2.16. The first-order chi connectivity index (χ1) is 15.4. The molecule has 8 heteroatoms. The Hall–Kier alpha value is -3.81. The number of carbonyl (C=O) groups is 2. The summed E-state index contributed by atoms with van der Waals surface area (Å²) < 4.78 is 23.0. The van der Waals surface area contributed by atoms with E-state index < -0.39 is 5.97 Å². The molecule has 2 aromatic carbocycles. The first-order valence-electron chi connectivity index (χ1n) is 10.2. The van der Waals surface area contributed by atoms with Crippen LogP contribution in [0, 0.1) is 0 Å². The van der Waals surface area contributed by atoms with E-state index in [-0.39, 0.29) is 36.4 Å². The molecule has 1 aromatic heterocycles. The second-order valence-electron chi connectivity index (χ2n) is 7.12. The molecule has 8 nitrogen and oxygen atoms in total. The Morgan fingerprint density at radius 2 is 1.91 bits per heavy atom. The Balaban J connectivity index is 1.90. The number of ketones is 1. The number of esters is 1. The van der Waals surface area contributed by atoms with Crippen LogP contribution in [0.15, 0.2) is 54.9 Å². The zero-order valence-electron chi connectivity index (χ0n) is 18.5. The van der Waals surface area contributed by atoms with E-state index in [1.165, 1.54) is 6.20 Å². The van der Waals surface area contributed by atoms with E-state index in [2.05, 4.69) is 5.10 Å². The Labute approximate surface area is 186 Å². The van der Waals surface area contributed by atoms with Crippen molar-refractivity contribution in [3.05, 3.63) is 66.0 Å². The molecule has 3 aromatic rings. The first kappa shape index (κ1) is 22.9. The van der Waals surface area contributed by atoms with Crippen molar-refractivity contribution in [3.8, 4) is 22.9 Å². The van der Waals surface area contributed by atoms with E-state index in [0.29, 0.717) is 17.1 Å². The smallest absolute Gasteiger partial charge is 0.344 e. The van der Waals surface area contributed by atoms with Crippen LogP contribution in [0.5, 0.6) is 17.2 Å². The van der Waals surface area contributed by atoms with E-state index in [0.717, 1.165) is 5.69 Å². The summed E-state index contributed by atoms with van der Waals surface area (Å²) in [7, 11) is 1.58. The minimum atomic E-state index is -0.515. The van der Waals surface area contributed by atoms with E-state index in [1.807, 2.05) is 38.1 Å². The molecule has 0 unspecified atom stereocenters. The molecule has 0 saturated heterocycles. The zero-order valence-corrected chi connectivity index (χ0v) is 18.5. The van der Waals surface area contributed by atoms with Gasteiger partial charge in [0.15, 0.2) is 12.4 Å². The van der Waals surface area contributed by atoms with E-state index in [9.17, 15) is 9.59 Å². The summed E-state index contributed by atoms with van der Waals surface area (Å²) in [5.74, 6) is 0.630. The molecule has 0 bridgehead atoms. The molecule has 0 aliphatic heterocycles. The monoisotopic (exact) mass is 438 g/mol. The Kier molecular flexibility index (Phi) is 7.49. The molecular weight excluding hydrogens is 412 g/mol. The van der Waals surface area contributed by atoms with Crippen molar-refractivity contribution in [2.75, 3.05) is 20.3 Å². The largest absolute Gasteiger partial charge is 0.497 e. The van der Waals surface area contributed by atoms with Crippen LogP contribution in [0.3, 0.4) is 0 Å². The summed E-state index contributed by atoms with van der Waals surface area (Å²) in [5, 5.41) is 4.30. The van der Waals surface area contributed by atoms with E-state index in [1.54, 1.807) is 43.1 Å². The third-order valence-electron chi connectivity index (χ3n) is 4.38. The maximum atomic E-state index is 13.3. The molecule has 0 aliphatic carbocycles. The molecule has 0 amide bonds. The van der Waals surface area contributed by atoms with Gasteiger partial charge >= 0.3 is 5.97 Å². The van der Waals surface area contributed by atoms with Crippen LogP contribution >= 0.6 is 0 Å². The zero-order chi connectivity index (χ0) is 23.1. The lowest BCUT2D eigenvalue weighted by Gasteiger charge is -2.14. The third-order valence-corrected chi connectivity index (χ3v) is 4.38. The fourth-order valence-corrected chi connectivity index (χ4v) is 2.99. The minimum Gasteiger partial charge on any atom is -0.497 e. The molecule has 0 aliphatic rings. The second kappa shape index (κ2) is 10.5. The van der Waals surface area contributed by atoms with Crippen molar-refractivity contribution < 1.29 is 28.5 Å². The van der Waals surface area contributed by atoms with Crippen LogP contribution in [0.25, 0.3) is 5.69 Å². The highest BCUT2D eigenvalue weighted by atomic mass is 16.6. The number of hydrogen-bond donors (Lipinski definition) is 0. The van der Waals surface area contributed by atoms with Gasteiger partial charge in [-0.3, -0.25) is 4.79 Å². The Bertz CT molecular complexity index is 1090. The van der Waals surface area contributed by atoms with Gasteiger partial charge in [-0.05, 0) is 51.1 Å². The highest BCUT2D eigenvalue weighted by Crippen LogP contribution is 2.28. The van der Waals surface area contributed by atoms with Crippen LogP contribution in [-0.4, -0.2) is 48.0 Å². The van der Waals surface area contributed by atoms with Gasteiger partial charge in [-0.25, -0.2) is 9.48 Å². The Morgan fingerprint density at radius 3 is 2.62 bits per heavy atom. The normalized spacial score (nSPS) is 10.7. The van der Waals surface area contributed by atoms with Gasteiger partial charge < -0.3 is 18.9 Å². The summed E-state index contributed by atoms with van der Waals surface area (Å²) in [6, 6.07) is 12.2. The highest BCUT2D eigenvalue weighted by molar-refractivity contribution is 6.10. The molecule has 0 fully saturated rings. The number of hydrogen-bond acceptors (Lipinski definition) is 7. The number of ether oxygens (including phenoxy) is 4. The molecule has 0 N–H and O–H groups in total. The second-order valence-corrected chi connectivity index (χ2v) is 7.12. The van der Waals surface area contributed by atoms with Crippen molar-refractivity contribution in [2.24, 2.45) is 0 Å². The first-order valence-corrected chi connectivity index (χ1v) is 10.2. The number of carbonyl (C=O) groups excluding carboxylic acids is 2. The summed E-state index contributed by atoms with van der Waals surface area (Å²) in [4.78, 5) is 25.0. The molecule has 0 saturated carbocycles. The predicted octanol–water partition coefficient (Wildman–Crippen LogP) is 3.84. The number of benzene rings is 2. The van der Waals surface area contributed by atoms with E-state index in [4.69, 9.17) is 18.9 Å². The molecule has 32 heavy (non-hydrogen) atoms. The van der Waals surface area contributed by atoms with Crippen LogP contribution in [-0.2, 0) is 9.53 Å². The van der Waals surface area contributed by atoms with Gasteiger partial charge in [0.05, 0.1) is 42.8 Å². The minimum absolute atomic E-state index is 0.0694. The molecule has 3 rings (SSSR count). The lowest BCUT2D eigenvalue weighted by atomic mass is 10.0. The number of methoxy groups -OCH3 is 1. The molecule has 168 valence electrons. The average Bonchev–Trinajstić information content (AvgIpc) is 3.28. The lowest BCUT2D eigenvalue weighted by molar-refractivity contribution is -0.145. The number of nitrogens with zero attached hydrogens (tertiary/aromatic N) is 2.